The number of thiocarbonyl (C=S) groups is 1. The number of allylic oxidation sites excluding steroid dienone is 1. The molecule has 0 bridgehead atoms. The Morgan fingerprint density at radius 1 is 1.24 bits per heavy atom. The maximum atomic E-state index is 12.2. The number of Topliss-reactive ketones (excluding diaryl/α,β-unsaturated/α-hetero) is 1. The molecule has 5 nitrogen and oxygen atoms in total. The Morgan fingerprint density at radius 3 is 2.40 bits per heavy atom. The summed E-state index contributed by atoms with van der Waals surface area (Å²) in [6.45, 7) is 7.80. The van der Waals surface area contributed by atoms with Gasteiger partial charge in [0.25, 0.3) is 0 Å². The van der Waals surface area contributed by atoms with Gasteiger partial charge in [0.05, 0.1) is 24.3 Å². The maximum Gasteiger partial charge on any atom is 0.171 e. The van der Waals surface area contributed by atoms with Crippen molar-refractivity contribution in [2.45, 2.75) is 33.7 Å². The van der Waals surface area contributed by atoms with Crippen LogP contribution < -0.4 is 20.1 Å². The van der Waals surface area contributed by atoms with Gasteiger partial charge in [0.15, 0.2) is 16.6 Å². The number of rotatable bonds is 6. The predicted molar refractivity (Wildman–Crippen MR) is 104 cm³/mol. The normalized spacial score (nSPS) is 17.0. The van der Waals surface area contributed by atoms with Crippen LogP contribution in [0, 0.1) is 0 Å². The van der Waals surface area contributed by atoms with E-state index in [1.807, 2.05) is 13.8 Å². The third-order valence-corrected chi connectivity index (χ3v) is 4.54. The topological polar surface area (TPSA) is 59.6 Å². The monoisotopic (exact) mass is 402 g/mol. The van der Waals surface area contributed by atoms with Crippen molar-refractivity contribution in [1.82, 2.24) is 10.6 Å². The van der Waals surface area contributed by atoms with Gasteiger partial charge in [0.2, 0.25) is 0 Å². The van der Waals surface area contributed by atoms with Crippen LogP contribution in [0.4, 0.5) is 0 Å². The Kier molecular flexibility index (Phi) is 6.54. The quantitative estimate of drug-likeness (QED) is 0.696. The molecule has 1 aromatic carbocycles. The highest BCUT2D eigenvalue weighted by Crippen LogP contribution is 2.46. The number of ketones is 1. The minimum absolute atomic E-state index is 0.0893. The summed E-state index contributed by atoms with van der Waals surface area (Å²) in [6, 6.07) is 1.18. The van der Waals surface area contributed by atoms with Crippen molar-refractivity contribution in [2.75, 3.05) is 13.2 Å². The molecule has 1 heterocycles. The number of halogens is 2. The molecule has 8 heteroatoms. The highest BCUT2D eigenvalue weighted by Gasteiger charge is 2.32. The van der Waals surface area contributed by atoms with Crippen molar-refractivity contribution >= 4 is 46.3 Å². The molecule has 0 spiro atoms. The third kappa shape index (κ3) is 4.02. The van der Waals surface area contributed by atoms with Crippen molar-refractivity contribution in [3.05, 3.63) is 32.9 Å². The van der Waals surface area contributed by atoms with E-state index in [1.54, 1.807) is 13.0 Å². The lowest BCUT2D eigenvalue weighted by atomic mass is 9.92. The Labute approximate surface area is 162 Å². The average Bonchev–Trinajstić information content (AvgIpc) is 2.52. The Bertz CT molecular complexity index is 750. The smallest absolute Gasteiger partial charge is 0.171 e. The van der Waals surface area contributed by atoms with E-state index >= 15 is 0 Å². The van der Waals surface area contributed by atoms with Crippen LogP contribution in [0.1, 0.15) is 39.3 Å². The van der Waals surface area contributed by atoms with E-state index < -0.39 is 6.04 Å². The number of hydrogen-bond donors (Lipinski definition) is 2. The first-order valence-corrected chi connectivity index (χ1v) is 9.04. The van der Waals surface area contributed by atoms with Crippen molar-refractivity contribution in [3.63, 3.8) is 0 Å². The maximum absolute atomic E-state index is 12.2. The van der Waals surface area contributed by atoms with Crippen molar-refractivity contribution < 1.29 is 14.3 Å². The SMILES string of the molecule is CCOc1c(Cl)cc(C2NC(=S)NC(C)=C2C(C)=O)c(OCC)c1Cl. The number of benzene rings is 1. The Hall–Kier alpha value is -1.50. The summed E-state index contributed by atoms with van der Waals surface area (Å²) >= 11 is 18.1. The zero-order valence-corrected chi connectivity index (χ0v) is 16.8. The fourth-order valence-electron chi connectivity index (χ4n) is 2.78. The molecule has 1 aromatic rings. The van der Waals surface area contributed by atoms with Crippen molar-refractivity contribution in [2.24, 2.45) is 0 Å². The molecule has 2 N–H and O–H groups in total. The summed E-state index contributed by atoms with van der Waals surface area (Å²) in [5.41, 5.74) is 1.87. The fourth-order valence-corrected chi connectivity index (χ4v) is 3.68. The lowest BCUT2D eigenvalue weighted by molar-refractivity contribution is -0.114. The summed E-state index contributed by atoms with van der Waals surface area (Å²) in [6.07, 6.45) is 0. The molecule has 0 aromatic heterocycles. The zero-order chi connectivity index (χ0) is 18.7. The highest BCUT2D eigenvalue weighted by atomic mass is 35.5. The summed E-state index contributed by atoms with van der Waals surface area (Å²) < 4.78 is 11.3. The van der Waals surface area contributed by atoms with Gasteiger partial charge in [0.1, 0.15) is 10.8 Å². The molecular formula is C17H20Cl2N2O3S. The second-order valence-electron chi connectivity index (χ2n) is 5.41. The van der Waals surface area contributed by atoms with Gasteiger partial charge in [0, 0.05) is 16.8 Å². The molecule has 0 aliphatic carbocycles. The molecule has 1 atom stereocenters. The zero-order valence-electron chi connectivity index (χ0n) is 14.5. The van der Waals surface area contributed by atoms with E-state index in [-0.39, 0.29) is 10.8 Å². The summed E-state index contributed by atoms with van der Waals surface area (Å²) in [5, 5.41) is 7.11. The highest BCUT2D eigenvalue weighted by molar-refractivity contribution is 7.80. The summed E-state index contributed by atoms with van der Waals surface area (Å²) in [7, 11) is 0. The molecule has 1 aliphatic heterocycles. The molecule has 0 saturated heterocycles. The van der Waals surface area contributed by atoms with Crippen molar-refractivity contribution in [3.8, 4) is 11.5 Å². The first kappa shape index (κ1) is 19.8. The summed E-state index contributed by atoms with van der Waals surface area (Å²) in [4.78, 5) is 12.2. The van der Waals surface area contributed by atoms with Crippen LogP contribution in [0.2, 0.25) is 10.0 Å². The minimum atomic E-state index is -0.515. The van der Waals surface area contributed by atoms with E-state index in [2.05, 4.69) is 10.6 Å². The molecule has 136 valence electrons. The third-order valence-electron chi connectivity index (χ3n) is 3.70. The van der Waals surface area contributed by atoms with E-state index in [9.17, 15) is 4.79 Å². The van der Waals surface area contributed by atoms with Gasteiger partial charge in [-0.2, -0.15) is 0 Å². The van der Waals surface area contributed by atoms with Crippen LogP contribution in [0.5, 0.6) is 11.5 Å². The molecule has 0 fully saturated rings. The van der Waals surface area contributed by atoms with Crippen LogP contribution in [-0.4, -0.2) is 24.1 Å². The molecule has 25 heavy (non-hydrogen) atoms. The molecule has 2 rings (SSSR count). The van der Waals surface area contributed by atoms with E-state index in [0.29, 0.717) is 51.7 Å². The molecule has 0 radical (unpaired) electrons. The van der Waals surface area contributed by atoms with Gasteiger partial charge >= 0.3 is 0 Å². The number of ether oxygens (including phenoxy) is 2. The van der Waals surface area contributed by atoms with Gasteiger partial charge in [-0.25, -0.2) is 0 Å². The first-order chi connectivity index (χ1) is 11.8. The molecule has 0 saturated carbocycles. The fraction of sp³-hybridized carbons (Fsp3) is 0.412. The average molecular weight is 403 g/mol. The lowest BCUT2D eigenvalue weighted by Gasteiger charge is -2.31. The van der Waals surface area contributed by atoms with Crippen LogP contribution in [0.15, 0.2) is 17.3 Å². The van der Waals surface area contributed by atoms with Gasteiger partial charge < -0.3 is 20.1 Å². The van der Waals surface area contributed by atoms with Crippen LogP contribution in [-0.2, 0) is 4.79 Å². The Balaban J connectivity index is 2.69. The number of hydrogen-bond acceptors (Lipinski definition) is 4. The second kappa shape index (κ2) is 8.25. The van der Waals surface area contributed by atoms with Gasteiger partial charge in [-0.3, -0.25) is 4.79 Å². The van der Waals surface area contributed by atoms with Crippen molar-refractivity contribution in [1.29, 1.82) is 0 Å². The lowest BCUT2D eigenvalue weighted by Crippen LogP contribution is -2.44. The standard InChI is InChI=1S/C17H20Cl2N2O3S/c1-5-23-15-10(7-11(18)16(13(15)19)24-6-2)14-12(9(4)22)8(3)20-17(25)21-14/h7,14H,5-6H2,1-4H3,(H2,20,21,25). The number of carbonyl (C=O) groups is 1. The largest absolute Gasteiger partial charge is 0.492 e. The number of carbonyl (C=O) groups excluding carboxylic acids is 1. The minimum Gasteiger partial charge on any atom is -0.492 e. The van der Waals surface area contributed by atoms with Gasteiger partial charge in [-0.15, -0.1) is 0 Å². The van der Waals surface area contributed by atoms with Crippen LogP contribution in [0.3, 0.4) is 0 Å². The molecule has 1 aliphatic rings. The predicted octanol–water partition coefficient (Wildman–Crippen LogP) is 4.17. The van der Waals surface area contributed by atoms with Crippen LogP contribution in [0.25, 0.3) is 0 Å². The van der Waals surface area contributed by atoms with E-state index in [0.717, 1.165) is 0 Å². The van der Waals surface area contributed by atoms with E-state index in [1.165, 1.54) is 6.92 Å². The molecular weight excluding hydrogens is 383 g/mol. The number of nitrogens with one attached hydrogen (secondary N) is 2. The van der Waals surface area contributed by atoms with Gasteiger partial charge in [-0.05, 0) is 46.0 Å². The first-order valence-electron chi connectivity index (χ1n) is 7.88. The molecule has 0 amide bonds. The van der Waals surface area contributed by atoms with Crippen LogP contribution >= 0.6 is 35.4 Å². The second-order valence-corrected chi connectivity index (χ2v) is 6.61. The Morgan fingerprint density at radius 2 is 1.84 bits per heavy atom. The molecule has 1 unspecified atom stereocenters. The van der Waals surface area contributed by atoms with Gasteiger partial charge in [-0.1, -0.05) is 23.2 Å². The summed E-state index contributed by atoms with van der Waals surface area (Å²) in [5.74, 6) is 0.693. The van der Waals surface area contributed by atoms with E-state index in [4.69, 9.17) is 44.9 Å².